The second kappa shape index (κ2) is 5.61. The summed E-state index contributed by atoms with van der Waals surface area (Å²) in [6.45, 7) is 0.787. The van der Waals surface area contributed by atoms with Crippen LogP contribution in [0.3, 0.4) is 0 Å². The third-order valence-corrected chi connectivity index (χ3v) is 3.23. The second-order valence-corrected chi connectivity index (χ2v) is 4.62. The first-order valence-electron chi connectivity index (χ1n) is 5.93. The molecule has 1 amide bonds. The number of alkyl halides is 6. The third-order valence-electron chi connectivity index (χ3n) is 3.23. The van der Waals surface area contributed by atoms with Gasteiger partial charge in [-0.25, -0.2) is 0 Å². The SMILES string of the molecule is CCC1CN(C(=O)C(C(F)(F)F)C(F)(F)F)CCC1=O. The van der Waals surface area contributed by atoms with Gasteiger partial charge in [0.2, 0.25) is 11.8 Å². The van der Waals surface area contributed by atoms with E-state index in [0.717, 1.165) is 0 Å². The Hall–Kier alpha value is -1.28. The molecule has 0 radical (unpaired) electrons. The molecule has 1 fully saturated rings. The Bertz CT molecular complexity index is 375. The van der Waals surface area contributed by atoms with E-state index in [-0.39, 0.29) is 18.6 Å². The molecule has 9 heteroatoms. The minimum atomic E-state index is -5.70. The Morgan fingerprint density at radius 3 is 2.15 bits per heavy atom. The number of carbonyl (C=O) groups excluding carboxylic acids is 2. The molecule has 1 saturated heterocycles. The average molecular weight is 305 g/mol. The number of Topliss-reactive ketones (excluding diaryl/α,β-unsaturated/α-hetero) is 1. The van der Waals surface area contributed by atoms with Crippen molar-refractivity contribution >= 4 is 11.7 Å². The number of ketones is 1. The van der Waals surface area contributed by atoms with Gasteiger partial charge in [0.25, 0.3) is 0 Å². The van der Waals surface area contributed by atoms with Crippen LogP contribution in [-0.4, -0.2) is 42.0 Å². The Labute approximate surface area is 110 Å². The minimum Gasteiger partial charge on any atom is -0.341 e. The van der Waals surface area contributed by atoms with E-state index in [0.29, 0.717) is 4.90 Å². The van der Waals surface area contributed by atoms with Crippen LogP contribution in [0.15, 0.2) is 0 Å². The quantitative estimate of drug-likeness (QED) is 0.735. The van der Waals surface area contributed by atoms with E-state index in [1.54, 1.807) is 6.92 Å². The first kappa shape index (κ1) is 16.8. The van der Waals surface area contributed by atoms with Crippen molar-refractivity contribution in [1.82, 2.24) is 4.90 Å². The fraction of sp³-hybridized carbons (Fsp3) is 0.818. The van der Waals surface area contributed by atoms with Crippen molar-refractivity contribution in [3.63, 3.8) is 0 Å². The van der Waals surface area contributed by atoms with Crippen molar-refractivity contribution in [2.24, 2.45) is 11.8 Å². The van der Waals surface area contributed by atoms with Gasteiger partial charge in [0, 0.05) is 25.4 Å². The van der Waals surface area contributed by atoms with E-state index in [1.807, 2.05) is 0 Å². The van der Waals surface area contributed by atoms with Gasteiger partial charge in [-0.3, -0.25) is 9.59 Å². The zero-order valence-corrected chi connectivity index (χ0v) is 10.5. The van der Waals surface area contributed by atoms with E-state index >= 15 is 0 Å². The molecule has 1 atom stereocenters. The highest BCUT2D eigenvalue weighted by Crippen LogP contribution is 2.40. The lowest BCUT2D eigenvalue weighted by Crippen LogP contribution is -2.53. The number of carbonyl (C=O) groups is 2. The molecule has 20 heavy (non-hydrogen) atoms. The van der Waals surface area contributed by atoms with Crippen LogP contribution in [0.25, 0.3) is 0 Å². The number of piperidine rings is 1. The van der Waals surface area contributed by atoms with Crippen molar-refractivity contribution in [2.75, 3.05) is 13.1 Å². The van der Waals surface area contributed by atoms with Crippen molar-refractivity contribution in [3.05, 3.63) is 0 Å². The number of amides is 1. The Morgan fingerprint density at radius 1 is 1.25 bits per heavy atom. The van der Waals surface area contributed by atoms with Gasteiger partial charge in [-0.2, -0.15) is 26.3 Å². The lowest BCUT2D eigenvalue weighted by molar-refractivity contribution is -0.277. The molecule has 116 valence electrons. The van der Waals surface area contributed by atoms with Gasteiger partial charge in [0.05, 0.1) is 0 Å². The molecule has 1 heterocycles. The Morgan fingerprint density at radius 2 is 1.75 bits per heavy atom. The van der Waals surface area contributed by atoms with E-state index in [1.165, 1.54) is 0 Å². The van der Waals surface area contributed by atoms with Gasteiger partial charge in [0.15, 0.2) is 0 Å². The topological polar surface area (TPSA) is 37.4 Å². The van der Waals surface area contributed by atoms with Crippen LogP contribution in [-0.2, 0) is 9.59 Å². The van der Waals surface area contributed by atoms with Crippen molar-refractivity contribution < 1.29 is 35.9 Å². The van der Waals surface area contributed by atoms with Gasteiger partial charge in [0.1, 0.15) is 5.78 Å². The van der Waals surface area contributed by atoms with Crippen LogP contribution >= 0.6 is 0 Å². The van der Waals surface area contributed by atoms with Gasteiger partial charge in [-0.15, -0.1) is 0 Å². The summed E-state index contributed by atoms with van der Waals surface area (Å²) < 4.78 is 74.7. The van der Waals surface area contributed by atoms with Crippen LogP contribution in [0.2, 0.25) is 0 Å². The summed E-state index contributed by atoms with van der Waals surface area (Å²) in [4.78, 5) is 23.4. The molecule has 0 saturated carbocycles. The highest BCUT2D eigenvalue weighted by Gasteiger charge is 2.62. The summed E-state index contributed by atoms with van der Waals surface area (Å²) in [6.07, 6.45) is -11.3. The number of nitrogens with zero attached hydrogens (tertiary/aromatic N) is 1. The summed E-state index contributed by atoms with van der Waals surface area (Å²) in [7, 11) is 0. The fourth-order valence-electron chi connectivity index (χ4n) is 2.11. The molecule has 0 aromatic heterocycles. The van der Waals surface area contributed by atoms with E-state index in [2.05, 4.69) is 0 Å². The molecule has 1 aliphatic heterocycles. The average Bonchev–Trinajstić information content (AvgIpc) is 2.25. The van der Waals surface area contributed by atoms with Crippen LogP contribution in [0.5, 0.6) is 0 Å². The summed E-state index contributed by atoms with van der Waals surface area (Å²) in [6, 6.07) is 0. The number of likely N-dealkylation sites (tertiary alicyclic amines) is 1. The summed E-state index contributed by atoms with van der Waals surface area (Å²) in [5.74, 6) is -7.00. The van der Waals surface area contributed by atoms with Crippen LogP contribution in [0.4, 0.5) is 26.3 Å². The summed E-state index contributed by atoms with van der Waals surface area (Å²) in [5.41, 5.74) is 0. The fourth-order valence-corrected chi connectivity index (χ4v) is 2.11. The molecule has 1 unspecified atom stereocenters. The van der Waals surface area contributed by atoms with Gasteiger partial charge in [-0.05, 0) is 6.42 Å². The molecular weight excluding hydrogens is 292 g/mol. The molecule has 0 N–H and O–H groups in total. The third kappa shape index (κ3) is 3.63. The maximum Gasteiger partial charge on any atom is 0.409 e. The highest BCUT2D eigenvalue weighted by molar-refractivity contribution is 5.86. The predicted octanol–water partition coefficient (Wildman–Crippen LogP) is 2.55. The van der Waals surface area contributed by atoms with Gasteiger partial charge in [-0.1, -0.05) is 6.92 Å². The molecular formula is C11H13F6NO2. The maximum atomic E-state index is 12.4. The first-order valence-corrected chi connectivity index (χ1v) is 5.93. The number of rotatable bonds is 2. The van der Waals surface area contributed by atoms with Crippen LogP contribution in [0.1, 0.15) is 19.8 Å². The molecule has 0 aromatic carbocycles. The first-order chi connectivity index (χ1) is 8.98. The van der Waals surface area contributed by atoms with Crippen LogP contribution in [0, 0.1) is 11.8 Å². The Balaban J connectivity index is 2.94. The molecule has 1 rings (SSSR count). The predicted molar refractivity (Wildman–Crippen MR) is 55.6 cm³/mol. The lowest BCUT2D eigenvalue weighted by atomic mass is 9.93. The minimum absolute atomic E-state index is 0.216. The monoisotopic (exact) mass is 305 g/mol. The second-order valence-electron chi connectivity index (χ2n) is 4.62. The maximum absolute atomic E-state index is 12.4. The van der Waals surface area contributed by atoms with Crippen LogP contribution < -0.4 is 0 Å². The lowest BCUT2D eigenvalue weighted by Gasteiger charge is -2.34. The molecule has 0 spiro atoms. The molecule has 0 aliphatic carbocycles. The van der Waals surface area contributed by atoms with E-state index in [4.69, 9.17) is 0 Å². The molecule has 1 aliphatic rings. The summed E-state index contributed by atoms with van der Waals surface area (Å²) in [5, 5.41) is 0. The largest absolute Gasteiger partial charge is 0.409 e. The van der Waals surface area contributed by atoms with Crippen molar-refractivity contribution in [3.8, 4) is 0 Å². The van der Waals surface area contributed by atoms with E-state index in [9.17, 15) is 35.9 Å². The Kier molecular flexibility index (Phi) is 4.70. The molecule has 0 aromatic rings. The number of hydrogen-bond acceptors (Lipinski definition) is 2. The summed E-state index contributed by atoms with van der Waals surface area (Å²) >= 11 is 0. The number of hydrogen-bond donors (Lipinski definition) is 0. The standard InChI is InChI=1S/C11H13F6NO2/c1-2-6-5-18(4-3-7(6)19)9(20)8(10(12,13)14)11(15,16)17/h6,8H,2-5H2,1H3. The smallest absolute Gasteiger partial charge is 0.341 e. The van der Waals surface area contributed by atoms with E-state index < -0.39 is 43.2 Å². The highest BCUT2D eigenvalue weighted by atomic mass is 19.4. The van der Waals surface area contributed by atoms with Crippen molar-refractivity contribution in [2.45, 2.75) is 32.1 Å². The number of halogens is 6. The normalized spacial score (nSPS) is 21.5. The molecule has 3 nitrogen and oxygen atoms in total. The van der Waals surface area contributed by atoms with Crippen molar-refractivity contribution in [1.29, 1.82) is 0 Å². The van der Waals surface area contributed by atoms with Gasteiger partial charge >= 0.3 is 12.4 Å². The van der Waals surface area contributed by atoms with Gasteiger partial charge < -0.3 is 4.90 Å². The molecule has 0 bridgehead atoms. The zero-order valence-electron chi connectivity index (χ0n) is 10.5. The zero-order chi connectivity index (χ0) is 15.7.